The lowest BCUT2D eigenvalue weighted by Gasteiger charge is -1.97. The van der Waals surface area contributed by atoms with E-state index in [1.165, 1.54) is 5.56 Å². The van der Waals surface area contributed by atoms with E-state index in [1.807, 2.05) is 31.2 Å². The third-order valence-electron chi connectivity index (χ3n) is 1.23. The van der Waals surface area contributed by atoms with Gasteiger partial charge < -0.3 is 9.47 Å². The molecule has 2 nitrogen and oxygen atoms in total. The standard InChI is InChI=1S/C8H10O.C2H6O/c1-7-4-3-5-8(6-7)9-2;1-3-2/h3-6H,1-2H3;1-2H3. The zero-order valence-corrected chi connectivity index (χ0v) is 8.13. The fourth-order valence-corrected chi connectivity index (χ4v) is 0.742. The molecule has 0 spiro atoms. The van der Waals surface area contributed by atoms with Crippen LogP contribution in [0.5, 0.6) is 5.75 Å². The van der Waals surface area contributed by atoms with Crippen molar-refractivity contribution < 1.29 is 9.47 Å². The number of ether oxygens (including phenoxy) is 2. The first kappa shape index (κ1) is 11.0. The van der Waals surface area contributed by atoms with Gasteiger partial charge in [0.2, 0.25) is 0 Å². The van der Waals surface area contributed by atoms with E-state index in [0.29, 0.717) is 0 Å². The summed E-state index contributed by atoms with van der Waals surface area (Å²) >= 11 is 0. The third-order valence-corrected chi connectivity index (χ3v) is 1.23. The van der Waals surface area contributed by atoms with E-state index in [4.69, 9.17) is 4.74 Å². The maximum atomic E-state index is 5.00. The molecule has 1 aromatic rings. The van der Waals surface area contributed by atoms with Crippen LogP contribution in [0.15, 0.2) is 24.3 Å². The molecule has 0 amide bonds. The highest BCUT2D eigenvalue weighted by atomic mass is 16.5. The summed E-state index contributed by atoms with van der Waals surface area (Å²) in [6.07, 6.45) is 0. The number of hydrogen-bond acceptors (Lipinski definition) is 2. The van der Waals surface area contributed by atoms with Crippen molar-refractivity contribution in [2.24, 2.45) is 0 Å². The van der Waals surface area contributed by atoms with Gasteiger partial charge in [-0.2, -0.15) is 0 Å². The molecule has 0 N–H and O–H groups in total. The van der Waals surface area contributed by atoms with Gasteiger partial charge in [0, 0.05) is 14.2 Å². The highest BCUT2D eigenvalue weighted by molar-refractivity contribution is 5.27. The Kier molecular flexibility index (Phi) is 6.11. The molecule has 0 unspecified atom stereocenters. The molecule has 0 saturated carbocycles. The first-order valence-corrected chi connectivity index (χ1v) is 3.75. The summed E-state index contributed by atoms with van der Waals surface area (Å²) in [6.45, 7) is 2.04. The lowest BCUT2D eigenvalue weighted by Crippen LogP contribution is -1.81. The van der Waals surface area contributed by atoms with Crippen LogP contribution in [-0.4, -0.2) is 21.3 Å². The van der Waals surface area contributed by atoms with Crippen molar-refractivity contribution >= 4 is 0 Å². The van der Waals surface area contributed by atoms with Gasteiger partial charge in [0.15, 0.2) is 0 Å². The van der Waals surface area contributed by atoms with Crippen molar-refractivity contribution in [2.75, 3.05) is 21.3 Å². The van der Waals surface area contributed by atoms with E-state index >= 15 is 0 Å². The van der Waals surface area contributed by atoms with Crippen LogP contribution in [0.3, 0.4) is 0 Å². The largest absolute Gasteiger partial charge is 0.497 e. The van der Waals surface area contributed by atoms with E-state index in [0.717, 1.165) is 5.75 Å². The summed E-state index contributed by atoms with van der Waals surface area (Å²) in [4.78, 5) is 0. The van der Waals surface area contributed by atoms with Crippen molar-refractivity contribution in [1.82, 2.24) is 0 Å². The molecular formula is C10H16O2. The first-order valence-electron chi connectivity index (χ1n) is 3.75. The minimum atomic E-state index is 0.926. The number of rotatable bonds is 1. The van der Waals surface area contributed by atoms with E-state index in [1.54, 1.807) is 21.3 Å². The van der Waals surface area contributed by atoms with Gasteiger partial charge in [-0.25, -0.2) is 0 Å². The second-order valence-corrected chi connectivity index (χ2v) is 2.43. The Hall–Kier alpha value is -1.02. The second kappa shape index (κ2) is 6.68. The van der Waals surface area contributed by atoms with E-state index in [9.17, 15) is 0 Å². The van der Waals surface area contributed by atoms with Crippen LogP contribution in [0.25, 0.3) is 0 Å². The summed E-state index contributed by atoms with van der Waals surface area (Å²) in [6, 6.07) is 7.96. The van der Waals surface area contributed by atoms with Crippen molar-refractivity contribution in [1.29, 1.82) is 0 Å². The van der Waals surface area contributed by atoms with Crippen LogP contribution in [-0.2, 0) is 4.74 Å². The highest BCUT2D eigenvalue weighted by Gasteiger charge is 1.86. The Morgan fingerprint density at radius 1 is 1.08 bits per heavy atom. The molecule has 0 aliphatic rings. The number of aryl methyl sites for hydroxylation is 1. The summed E-state index contributed by atoms with van der Waals surface area (Å²) < 4.78 is 9.25. The third kappa shape index (κ3) is 4.74. The molecule has 0 bridgehead atoms. The smallest absolute Gasteiger partial charge is 0.119 e. The molecule has 1 aromatic carbocycles. The first-order chi connectivity index (χ1) is 5.74. The van der Waals surface area contributed by atoms with Gasteiger partial charge in [0.1, 0.15) is 5.75 Å². The van der Waals surface area contributed by atoms with E-state index < -0.39 is 0 Å². The normalized spacial score (nSPS) is 8.33. The van der Waals surface area contributed by atoms with E-state index in [-0.39, 0.29) is 0 Å². The van der Waals surface area contributed by atoms with Crippen LogP contribution in [0.4, 0.5) is 0 Å². The molecule has 0 atom stereocenters. The van der Waals surface area contributed by atoms with Crippen LogP contribution in [0.1, 0.15) is 5.56 Å². The minimum Gasteiger partial charge on any atom is -0.497 e. The minimum absolute atomic E-state index is 0.926. The topological polar surface area (TPSA) is 18.5 Å². The molecule has 68 valence electrons. The Balaban J connectivity index is 0.000000354. The van der Waals surface area contributed by atoms with Crippen LogP contribution >= 0.6 is 0 Å². The van der Waals surface area contributed by atoms with Crippen molar-refractivity contribution in [3.05, 3.63) is 29.8 Å². The fraction of sp³-hybridized carbons (Fsp3) is 0.400. The van der Waals surface area contributed by atoms with Gasteiger partial charge in [0.05, 0.1) is 7.11 Å². The lowest BCUT2D eigenvalue weighted by molar-refractivity contribution is 0.277. The molecule has 12 heavy (non-hydrogen) atoms. The molecule has 0 aliphatic heterocycles. The second-order valence-electron chi connectivity index (χ2n) is 2.43. The van der Waals surface area contributed by atoms with Gasteiger partial charge in [-0.15, -0.1) is 0 Å². The molecule has 2 heteroatoms. The van der Waals surface area contributed by atoms with Gasteiger partial charge >= 0.3 is 0 Å². The zero-order chi connectivity index (χ0) is 9.40. The van der Waals surface area contributed by atoms with Crippen LogP contribution in [0, 0.1) is 6.92 Å². The average Bonchev–Trinajstić information content (AvgIpc) is 2.06. The van der Waals surface area contributed by atoms with Gasteiger partial charge in [0.25, 0.3) is 0 Å². The molecule has 0 fully saturated rings. The number of methoxy groups -OCH3 is 2. The quantitative estimate of drug-likeness (QED) is 0.640. The maximum Gasteiger partial charge on any atom is 0.119 e. The van der Waals surface area contributed by atoms with Gasteiger partial charge in [-0.05, 0) is 24.6 Å². The Morgan fingerprint density at radius 3 is 2.00 bits per heavy atom. The molecule has 0 aliphatic carbocycles. The number of benzene rings is 1. The van der Waals surface area contributed by atoms with Crippen molar-refractivity contribution in [2.45, 2.75) is 6.92 Å². The predicted octanol–water partition coefficient (Wildman–Crippen LogP) is 2.27. The Labute approximate surface area is 74.1 Å². The number of hydrogen-bond donors (Lipinski definition) is 0. The van der Waals surface area contributed by atoms with Gasteiger partial charge in [-0.1, -0.05) is 12.1 Å². The zero-order valence-electron chi connectivity index (χ0n) is 8.13. The van der Waals surface area contributed by atoms with Crippen LogP contribution in [0.2, 0.25) is 0 Å². The van der Waals surface area contributed by atoms with Crippen molar-refractivity contribution in [3.63, 3.8) is 0 Å². The summed E-state index contributed by atoms with van der Waals surface area (Å²) in [5.74, 6) is 0.926. The molecule has 0 saturated heterocycles. The molecule has 0 heterocycles. The SMILES string of the molecule is COC.COc1cccc(C)c1. The average molecular weight is 168 g/mol. The van der Waals surface area contributed by atoms with E-state index in [2.05, 4.69) is 4.74 Å². The summed E-state index contributed by atoms with van der Waals surface area (Å²) in [5, 5.41) is 0. The van der Waals surface area contributed by atoms with Gasteiger partial charge in [-0.3, -0.25) is 0 Å². The van der Waals surface area contributed by atoms with Crippen molar-refractivity contribution in [3.8, 4) is 5.75 Å². The predicted molar refractivity (Wildman–Crippen MR) is 50.7 cm³/mol. The summed E-state index contributed by atoms with van der Waals surface area (Å²) in [7, 11) is 4.93. The fourth-order valence-electron chi connectivity index (χ4n) is 0.742. The highest BCUT2D eigenvalue weighted by Crippen LogP contribution is 2.10. The maximum absolute atomic E-state index is 5.00. The summed E-state index contributed by atoms with van der Waals surface area (Å²) in [5.41, 5.74) is 1.23. The molecule has 0 radical (unpaired) electrons. The van der Waals surface area contributed by atoms with Crippen LogP contribution < -0.4 is 4.74 Å². The monoisotopic (exact) mass is 168 g/mol. The molecule has 0 aromatic heterocycles. The lowest BCUT2D eigenvalue weighted by atomic mass is 10.2. The Morgan fingerprint density at radius 2 is 1.67 bits per heavy atom. The molecule has 1 rings (SSSR count). The Bertz CT molecular complexity index is 209. The molecular weight excluding hydrogens is 152 g/mol.